The van der Waals surface area contributed by atoms with Gasteiger partial charge >= 0.3 is 0 Å². The summed E-state index contributed by atoms with van der Waals surface area (Å²) in [6.45, 7) is 0.368. The minimum absolute atomic E-state index is 0.223. The Balaban J connectivity index is 1.67. The molecule has 0 aliphatic carbocycles. The third-order valence-corrected chi connectivity index (χ3v) is 4.72. The third kappa shape index (κ3) is 3.21. The highest BCUT2D eigenvalue weighted by molar-refractivity contribution is 7.13. The zero-order valence-electron chi connectivity index (χ0n) is 13.1. The smallest absolute Gasteiger partial charge is 0.193 e. The lowest BCUT2D eigenvalue weighted by molar-refractivity contribution is 0.103. The highest BCUT2D eigenvalue weighted by Gasteiger charge is 2.22. The van der Waals surface area contributed by atoms with E-state index in [9.17, 15) is 9.18 Å². The molecule has 3 aromatic rings. The zero-order valence-corrected chi connectivity index (χ0v) is 13.9. The zero-order chi connectivity index (χ0) is 17.2. The fourth-order valence-corrected chi connectivity index (χ4v) is 3.39. The van der Waals surface area contributed by atoms with Crippen molar-refractivity contribution in [2.24, 2.45) is 0 Å². The summed E-state index contributed by atoms with van der Waals surface area (Å²) in [5.41, 5.74) is 2.29. The first-order valence-electron chi connectivity index (χ1n) is 7.75. The van der Waals surface area contributed by atoms with Crippen molar-refractivity contribution in [3.63, 3.8) is 0 Å². The monoisotopic (exact) mass is 352 g/mol. The Morgan fingerprint density at radius 3 is 3.00 bits per heavy atom. The van der Waals surface area contributed by atoms with Gasteiger partial charge in [0.2, 0.25) is 0 Å². The normalized spacial score (nSPS) is 15.6. The number of rotatable bonds is 2. The van der Waals surface area contributed by atoms with E-state index in [0.29, 0.717) is 30.0 Å². The first-order chi connectivity index (χ1) is 12.2. The topological polar surface area (TPSA) is 52.1 Å². The molecule has 4 nitrogen and oxygen atoms in total. The van der Waals surface area contributed by atoms with E-state index in [1.165, 1.54) is 29.5 Å². The van der Waals surface area contributed by atoms with E-state index in [0.717, 1.165) is 10.7 Å². The van der Waals surface area contributed by atoms with E-state index in [4.69, 9.17) is 4.74 Å². The second-order valence-electron chi connectivity index (χ2n) is 5.53. The average Bonchev–Trinajstić information content (AvgIpc) is 3.05. The van der Waals surface area contributed by atoms with Gasteiger partial charge in [-0.25, -0.2) is 9.37 Å². The van der Waals surface area contributed by atoms with Gasteiger partial charge in [-0.05, 0) is 36.4 Å². The first-order valence-corrected chi connectivity index (χ1v) is 8.63. The summed E-state index contributed by atoms with van der Waals surface area (Å²) in [5, 5.41) is 2.67. The quantitative estimate of drug-likeness (QED) is 0.642. The van der Waals surface area contributed by atoms with E-state index >= 15 is 0 Å². The van der Waals surface area contributed by atoms with Crippen LogP contribution in [0.25, 0.3) is 16.8 Å². The van der Waals surface area contributed by atoms with Crippen molar-refractivity contribution in [1.82, 2.24) is 9.97 Å². The number of Topliss-reactive ketones (excluding diaryl/α,β-unsaturated/α-hetero) is 1. The SMILES string of the molecule is O=C1/C(=C\c2csc(-c3ccccn3)n2)CCOc2ccc(F)cc21. The lowest BCUT2D eigenvalue weighted by Gasteiger charge is -2.04. The van der Waals surface area contributed by atoms with Crippen molar-refractivity contribution in [3.8, 4) is 16.5 Å². The van der Waals surface area contributed by atoms with Crippen molar-refractivity contribution < 1.29 is 13.9 Å². The number of carbonyl (C=O) groups excluding carboxylic acids is 1. The molecule has 0 saturated carbocycles. The van der Waals surface area contributed by atoms with Crippen molar-refractivity contribution in [2.45, 2.75) is 6.42 Å². The van der Waals surface area contributed by atoms with Gasteiger partial charge in [0.25, 0.3) is 0 Å². The molecular weight excluding hydrogens is 339 g/mol. The van der Waals surface area contributed by atoms with Gasteiger partial charge in [-0.2, -0.15) is 0 Å². The fourth-order valence-electron chi connectivity index (χ4n) is 2.64. The third-order valence-electron chi connectivity index (χ3n) is 3.83. The van der Waals surface area contributed by atoms with Gasteiger partial charge in [-0.15, -0.1) is 11.3 Å². The molecule has 0 spiro atoms. The van der Waals surface area contributed by atoms with E-state index in [1.807, 2.05) is 23.6 Å². The van der Waals surface area contributed by atoms with Gasteiger partial charge in [0.05, 0.1) is 23.6 Å². The molecule has 0 amide bonds. The second-order valence-corrected chi connectivity index (χ2v) is 6.39. The summed E-state index contributed by atoms with van der Waals surface area (Å²) in [7, 11) is 0. The predicted octanol–water partition coefficient (Wildman–Crippen LogP) is 4.39. The Labute approximate surface area is 147 Å². The maximum absolute atomic E-state index is 13.5. The van der Waals surface area contributed by atoms with Gasteiger partial charge < -0.3 is 4.74 Å². The van der Waals surface area contributed by atoms with Crippen LogP contribution in [0, 0.1) is 5.82 Å². The number of pyridine rings is 1. The van der Waals surface area contributed by atoms with E-state index < -0.39 is 5.82 Å². The molecule has 3 heterocycles. The molecule has 0 radical (unpaired) electrons. The largest absolute Gasteiger partial charge is 0.492 e. The molecular formula is C19H13FN2O2S. The molecule has 6 heteroatoms. The molecule has 0 atom stereocenters. The Kier molecular flexibility index (Phi) is 4.11. The van der Waals surface area contributed by atoms with Crippen LogP contribution in [0.15, 0.2) is 53.5 Å². The number of fused-ring (bicyclic) bond motifs is 1. The second kappa shape index (κ2) is 6.57. The van der Waals surface area contributed by atoms with Crippen LogP contribution >= 0.6 is 11.3 Å². The van der Waals surface area contributed by atoms with Crippen molar-refractivity contribution in [3.05, 3.63) is 70.6 Å². The average molecular weight is 352 g/mol. The van der Waals surface area contributed by atoms with Crippen LogP contribution in [0.2, 0.25) is 0 Å². The van der Waals surface area contributed by atoms with Crippen LogP contribution in [-0.2, 0) is 0 Å². The molecule has 1 aliphatic rings. The Morgan fingerprint density at radius 2 is 2.16 bits per heavy atom. The van der Waals surface area contributed by atoms with Crippen LogP contribution in [0.1, 0.15) is 22.5 Å². The summed E-state index contributed by atoms with van der Waals surface area (Å²) >= 11 is 1.46. The molecule has 0 unspecified atom stereocenters. The molecule has 124 valence electrons. The Bertz CT molecular complexity index is 967. The lowest BCUT2D eigenvalue weighted by Crippen LogP contribution is -2.02. The van der Waals surface area contributed by atoms with Gasteiger partial charge in [0.15, 0.2) is 5.78 Å². The van der Waals surface area contributed by atoms with Gasteiger partial charge in [-0.3, -0.25) is 9.78 Å². The summed E-state index contributed by atoms with van der Waals surface area (Å²) in [4.78, 5) is 21.5. The summed E-state index contributed by atoms with van der Waals surface area (Å²) in [6.07, 6.45) is 3.91. The maximum Gasteiger partial charge on any atom is 0.193 e. The van der Waals surface area contributed by atoms with E-state index in [-0.39, 0.29) is 11.3 Å². The molecule has 0 N–H and O–H groups in total. The van der Waals surface area contributed by atoms with E-state index in [1.54, 1.807) is 12.3 Å². The highest BCUT2D eigenvalue weighted by Crippen LogP contribution is 2.29. The fraction of sp³-hybridized carbons (Fsp3) is 0.105. The molecule has 2 aromatic heterocycles. The molecule has 0 fully saturated rings. The Morgan fingerprint density at radius 1 is 1.24 bits per heavy atom. The van der Waals surface area contributed by atoms with Gasteiger partial charge in [0, 0.05) is 23.6 Å². The number of thiazole rings is 1. The van der Waals surface area contributed by atoms with Crippen LogP contribution < -0.4 is 4.74 Å². The standard InChI is InChI=1S/C19H13FN2O2S/c20-13-4-5-17-15(10-13)18(23)12(6-8-24-17)9-14-11-25-19(22-14)16-3-1-2-7-21-16/h1-5,7,9-11H,6,8H2/b12-9-. The summed E-state index contributed by atoms with van der Waals surface area (Å²) < 4.78 is 19.1. The lowest BCUT2D eigenvalue weighted by atomic mass is 10.0. The first kappa shape index (κ1) is 15.7. The van der Waals surface area contributed by atoms with Crippen molar-refractivity contribution in [1.29, 1.82) is 0 Å². The predicted molar refractivity (Wildman–Crippen MR) is 94.2 cm³/mol. The molecule has 0 bridgehead atoms. The van der Waals surface area contributed by atoms with Crippen LogP contribution in [0.3, 0.4) is 0 Å². The molecule has 1 aromatic carbocycles. The van der Waals surface area contributed by atoms with Gasteiger partial charge in [-0.1, -0.05) is 6.07 Å². The van der Waals surface area contributed by atoms with Crippen LogP contribution in [0.4, 0.5) is 4.39 Å². The van der Waals surface area contributed by atoms with E-state index in [2.05, 4.69) is 9.97 Å². The number of carbonyl (C=O) groups is 1. The summed E-state index contributed by atoms with van der Waals surface area (Å²) in [5.74, 6) is -0.260. The van der Waals surface area contributed by atoms with Crippen LogP contribution in [0.5, 0.6) is 5.75 Å². The number of ether oxygens (including phenoxy) is 1. The number of nitrogens with zero attached hydrogens (tertiary/aromatic N) is 2. The van der Waals surface area contributed by atoms with Gasteiger partial charge in [0.1, 0.15) is 16.6 Å². The molecule has 1 aliphatic heterocycles. The number of aromatic nitrogens is 2. The highest BCUT2D eigenvalue weighted by atomic mass is 32.1. The Hall–Kier alpha value is -2.86. The molecule has 25 heavy (non-hydrogen) atoms. The summed E-state index contributed by atoms with van der Waals surface area (Å²) in [6, 6.07) is 9.64. The molecule has 0 saturated heterocycles. The van der Waals surface area contributed by atoms with Crippen molar-refractivity contribution in [2.75, 3.05) is 6.61 Å². The number of benzene rings is 1. The van der Waals surface area contributed by atoms with Crippen LogP contribution in [-0.4, -0.2) is 22.4 Å². The number of halogens is 1. The number of hydrogen-bond acceptors (Lipinski definition) is 5. The number of hydrogen-bond donors (Lipinski definition) is 0. The minimum atomic E-state index is -0.456. The maximum atomic E-state index is 13.5. The molecule has 4 rings (SSSR count). The number of ketones is 1. The van der Waals surface area contributed by atoms with Crippen molar-refractivity contribution >= 4 is 23.2 Å². The minimum Gasteiger partial charge on any atom is -0.492 e.